The standard InChI is InChI=1S/C15H14Cl2FNO/c1-9(14-4-3-13(20-2)8-15(14)18)19-12-6-10(16)5-11(17)7-12/h3-9,19H,1-2H3. The first-order chi connectivity index (χ1) is 9.49. The zero-order chi connectivity index (χ0) is 14.7. The Bertz CT molecular complexity index is 599. The highest BCUT2D eigenvalue weighted by atomic mass is 35.5. The molecular weight excluding hydrogens is 300 g/mol. The average Bonchev–Trinajstić information content (AvgIpc) is 2.36. The molecule has 0 aliphatic carbocycles. The molecule has 0 aromatic heterocycles. The van der Waals surface area contributed by atoms with E-state index in [0.29, 0.717) is 21.4 Å². The maximum Gasteiger partial charge on any atom is 0.132 e. The van der Waals surface area contributed by atoms with Crippen LogP contribution in [0.3, 0.4) is 0 Å². The molecule has 0 fully saturated rings. The van der Waals surface area contributed by atoms with E-state index < -0.39 is 0 Å². The summed E-state index contributed by atoms with van der Waals surface area (Å²) in [6.07, 6.45) is 0. The second kappa shape index (κ2) is 6.33. The van der Waals surface area contributed by atoms with E-state index in [1.165, 1.54) is 13.2 Å². The molecule has 0 amide bonds. The third kappa shape index (κ3) is 3.56. The molecule has 106 valence electrons. The molecule has 1 N–H and O–H groups in total. The van der Waals surface area contributed by atoms with E-state index in [9.17, 15) is 4.39 Å². The van der Waals surface area contributed by atoms with Crippen LogP contribution >= 0.6 is 23.2 Å². The molecule has 1 unspecified atom stereocenters. The molecule has 0 bridgehead atoms. The van der Waals surface area contributed by atoms with Crippen molar-refractivity contribution in [3.63, 3.8) is 0 Å². The molecule has 2 rings (SSSR count). The zero-order valence-electron chi connectivity index (χ0n) is 11.1. The number of halogens is 3. The Labute approximate surface area is 127 Å². The smallest absolute Gasteiger partial charge is 0.132 e. The van der Waals surface area contributed by atoms with Crippen molar-refractivity contribution in [3.8, 4) is 5.75 Å². The summed E-state index contributed by atoms with van der Waals surface area (Å²) in [4.78, 5) is 0. The summed E-state index contributed by atoms with van der Waals surface area (Å²) in [6, 6.07) is 9.68. The van der Waals surface area contributed by atoms with Crippen LogP contribution in [0.5, 0.6) is 5.75 Å². The van der Waals surface area contributed by atoms with Crippen LogP contribution in [0, 0.1) is 5.82 Å². The molecule has 0 saturated heterocycles. The molecule has 2 aromatic carbocycles. The van der Waals surface area contributed by atoms with E-state index in [1.807, 2.05) is 6.92 Å². The fourth-order valence-electron chi connectivity index (χ4n) is 1.95. The van der Waals surface area contributed by atoms with E-state index in [-0.39, 0.29) is 11.9 Å². The molecular formula is C15H14Cl2FNO. The zero-order valence-corrected chi connectivity index (χ0v) is 12.6. The number of benzene rings is 2. The van der Waals surface area contributed by atoms with Crippen LogP contribution in [0.25, 0.3) is 0 Å². The van der Waals surface area contributed by atoms with Crippen molar-refractivity contribution in [1.82, 2.24) is 0 Å². The minimum absolute atomic E-state index is 0.226. The number of hydrogen-bond donors (Lipinski definition) is 1. The van der Waals surface area contributed by atoms with Crippen molar-refractivity contribution >= 4 is 28.9 Å². The van der Waals surface area contributed by atoms with Crippen molar-refractivity contribution in [3.05, 3.63) is 57.8 Å². The molecule has 1 atom stereocenters. The Morgan fingerprint density at radius 3 is 2.30 bits per heavy atom. The molecule has 0 spiro atoms. The van der Waals surface area contributed by atoms with Gasteiger partial charge in [0.25, 0.3) is 0 Å². The lowest BCUT2D eigenvalue weighted by atomic mass is 10.1. The first-order valence-electron chi connectivity index (χ1n) is 6.05. The third-order valence-corrected chi connectivity index (χ3v) is 3.36. The monoisotopic (exact) mass is 313 g/mol. The quantitative estimate of drug-likeness (QED) is 0.825. The van der Waals surface area contributed by atoms with Crippen molar-refractivity contribution in [2.45, 2.75) is 13.0 Å². The summed E-state index contributed by atoms with van der Waals surface area (Å²) >= 11 is 11.9. The second-order valence-corrected chi connectivity index (χ2v) is 5.28. The molecule has 5 heteroatoms. The minimum atomic E-state index is -0.322. The highest BCUT2D eigenvalue weighted by molar-refractivity contribution is 6.35. The molecule has 0 saturated carbocycles. The van der Waals surface area contributed by atoms with Crippen LogP contribution in [0.4, 0.5) is 10.1 Å². The number of nitrogens with one attached hydrogen (secondary N) is 1. The predicted octanol–water partition coefficient (Wildman–Crippen LogP) is 5.31. The predicted molar refractivity (Wildman–Crippen MR) is 81.5 cm³/mol. The number of anilines is 1. The van der Waals surface area contributed by atoms with Crippen LogP contribution < -0.4 is 10.1 Å². The van der Waals surface area contributed by atoms with Gasteiger partial charge >= 0.3 is 0 Å². The van der Waals surface area contributed by atoms with Crippen molar-refractivity contribution in [1.29, 1.82) is 0 Å². The summed E-state index contributed by atoms with van der Waals surface area (Å²) in [6.45, 7) is 1.86. The first kappa shape index (κ1) is 14.9. The summed E-state index contributed by atoms with van der Waals surface area (Å²) < 4.78 is 19.0. The van der Waals surface area contributed by atoms with Gasteiger partial charge in [-0.2, -0.15) is 0 Å². The van der Waals surface area contributed by atoms with Gasteiger partial charge < -0.3 is 10.1 Å². The van der Waals surface area contributed by atoms with Crippen LogP contribution in [-0.4, -0.2) is 7.11 Å². The van der Waals surface area contributed by atoms with Crippen LogP contribution in [0.15, 0.2) is 36.4 Å². The second-order valence-electron chi connectivity index (χ2n) is 4.41. The van der Waals surface area contributed by atoms with Gasteiger partial charge in [0.05, 0.1) is 13.2 Å². The van der Waals surface area contributed by atoms with Crippen molar-refractivity contribution < 1.29 is 9.13 Å². The largest absolute Gasteiger partial charge is 0.497 e. The summed E-state index contributed by atoms with van der Waals surface area (Å²) in [5, 5.41) is 4.23. The molecule has 2 aromatic rings. The topological polar surface area (TPSA) is 21.3 Å². The van der Waals surface area contributed by atoms with Gasteiger partial charge in [0.2, 0.25) is 0 Å². The van der Waals surface area contributed by atoms with Gasteiger partial charge in [-0.25, -0.2) is 4.39 Å². The van der Waals surface area contributed by atoms with Crippen molar-refractivity contribution in [2.24, 2.45) is 0 Å². The third-order valence-electron chi connectivity index (χ3n) is 2.92. The van der Waals surface area contributed by atoms with E-state index in [1.54, 1.807) is 30.3 Å². The molecule has 20 heavy (non-hydrogen) atoms. The normalized spacial score (nSPS) is 12.1. The van der Waals surface area contributed by atoms with E-state index >= 15 is 0 Å². The number of methoxy groups -OCH3 is 1. The van der Waals surface area contributed by atoms with E-state index in [2.05, 4.69) is 5.32 Å². The highest BCUT2D eigenvalue weighted by Gasteiger charge is 2.12. The summed E-state index contributed by atoms with van der Waals surface area (Å²) in [5.41, 5.74) is 1.28. The maximum absolute atomic E-state index is 14.0. The lowest BCUT2D eigenvalue weighted by Crippen LogP contribution is -2.08. The first-order valence-corrected chi connectivity index (χ1v) is 6.81. The van der Waals surface area contributed by atoms with E-state index in [0.717, 1.165) is 5.69 Å². The van der Waals surface area contributed by atoms with Gasteiger partial charge in [0, 0.05) is 27.4 Å². The lowest BCUT2D eigenvalue weighted by Gasteiger charge is -2.17. The van der Waals surface area contributed by atoms with Gasteiger partial charge in [-0.3, -0.25) is 0 Å². The van der Waals surface area contributed by atoms with Crippen LogP contribution in [0.1, 0.15) is 18.5 Å². The van der Waals surface area contributed by atoms with Gasteiger partial charge in [-0.15, -0.1) is 0 Å². The number of rotatable bonds is 4. The fourth-order valence-corrected chi connectivity index (χ4v) is 2.48. The molecule has 0 heterocycles. The van der Waals surface area contributed by atoms with Gasteiger partial charge in [0.15, 0.2) is 0 Å². The lowest BCUT2D eigenvalue weighted by molar-refractivity contribution is 0.410. The Kier molecular flexibility index (Phi) is 4.73. The molecule has 2 nitrogen and oxygen atoms in total. The van der Waals surface area contributed by atoms with Crippen LogP contribution in [0.2, 0.25) is 10.0 Å². The maximum atomic E-state index is 14.0. The summed E-state index contributed by atoms with van der Waals surface area (Å²) in [7, 11) is 1.50. The molecule has 0 aliphatic heterocycles. The Balaban J connectivity index is 2.21. The minimum Gasteiger partial charge on any atom is -0.497 e. The Morgan fingerprint density at radius 1 is 1.10 bits per heavy atom. The van der Waals surface area contributed by atoms with Crippen molar-refractivity contribution in [2.75, 3.05) is 12.4 Å². The summed E-state index contributed by atoms with van der Waals surface area (Å²) in [5.74, 6) is 0.168. The molecule has 0 aliphatic rings. The number of hydrogen-bond acceptors (Lipinski definition) is 2. The fraction of sp³-hybridized carbons (Fsp3) is 0.200. The molecule has 0 radical (unpaired) electrons. The van der Waals surface area contributed by atoms with E-state index in [4.69, 9.17) is 27.9 Å². The SMILES string of the molecule is COc1ccc(C(C)Nc2cc(Cl)cc(Cl)c2)c(F)c1. The Hall–Kier alpha value is -1.45. The highest BCUT2D eigenvalue weighted by Crippen LogP contribution is 2.28. The average molecular weight is 314 g/mol. The van der Waals surface area contributed by atoms with Gasteiger partial charge in [-0.05, 0) is 31.2 Å². The van der Waals surface area contributed by atoms with Gasteiger partial charge in [-0.1, -0.05) is 29.3 Å². The number of ether oxygens (including phenoxy) is 1. The van der Waals surface area contributed by atoms with Crippen LogP contribution in [-0.2, 0) is 0 Å². The Morgan fingerprint density at radius 2 is 1.75 bits per heavy atom. The van der Waals surface area contributed by atoms with Gasteiger partial charge in [0.1, 0.15) is 11.6 Å².